The van der Waals surface area contributed by atoms with Crippen LogP contribution in [-0.2, 0) is 11.2 Å². The first kappa shape index (κ1) is 17.7. The van der Waals surface area contributed by atoms with Gasteiger partial charge < -0.3 is 10.2 Å². The molecule has 3 rings (SSSR count). The maximum absolute atomic E-state index is 12.6. The standard InChI is InChI=1S/C22H28N2O/c25-22(18-24-15-9-2-1-3-10-16-24)23-21-14-8-7-13-20(21)17-19-11-5-4-6-12-19/h4-8,11-14H,1-3,9-10,15-18H2,(H,23,25)/p+1. The Morgan fingerprint density at radius 1 is 0.840 bits per heavy atom. The van der Waals surface area contributed by atoms with E-state index in [0.29, 0.717) is 6.54 Å². The van der Waals surface area contributed by atoms with Gasteiger partial charge in [-0.25, -0.2) is 0 Å². The monoisotopic (exact) mass is 337 g/mol. The number of likely N-dealkylation sites (tertiary alicyclic amines) is 1. The SMILES string of the molecule is O=C(C[NH+]1CCCCCCC1)Nc1ccccc1Cc1ccccc1. The summed E-state index contributed by atoms with van der Waals surface area (Å²) in [7, 11) is 0. The van der Waals surface area contributed by atoms with E-state index >= 15 is 0 Å². The third-order valence-corrected chi connectivity index (χ3v) is 5.00. The van der Waals surface area contributed by atoms with Crippen molar-refractivity contribution in [3.05, 3.63) is 65.7 Å². The third kappa shape index (κ3) is 5.71. The van der Waals surface area contributed by atoms with Gasteiger partial charge in [0.1, 0.15) is 0 Å². The van der Waals surface area contributed by atoms with E-state index in [9.17, 15) is 4.79 Å². The Morgan fingerprint density at radius 3 is 2.24 bits per heavy atom. The summed E-state index contributed by atoms with van der Waals surface area (Å²) < 4.78 is 0. The molecule has 1 amide bonds. The van der Waals surface area contributed by atoms with Crippen LogP contribution in [0, 0.1) is 0 Å². The van der Waals surface area contributed by atoms with Crippen molar-refractivity contribution >= 4 is 11.6 Å². The largest absolute Gasteiger partial charge is 0.327 e. The predicted molar refractivity (Wildman–Crippen MR) is 103 cm³/mol. The molecule has 3 heteroatoms. The summed E-state index contributed by atoms with van der Waals surface area (Å²) in [5, 5.41) is 3.15. The lowest BCUT2D eigenvalue weighted by molar-refractivity contribution is -0.892. The minimum Gasteiger partial charge on any atom is -0.327 e. The number of anilines is 1. The van der Waals surface area contributed by atoms with Crippen molar-refractivity contribution in [2.45, 2.75) is 38.5 Å². The number of hydrogen-bond donors (Lipinski definition) is 2. The van der Waals surface area contributed by atoms with Gasteiger partial charge in [-0.3, -0.25) is 4.79 Å². The number of hydrogen-bond acceptors (Lipinski definition) is 1. The Bertz CT molecular complexity index is 661. The van der Waals surface area contributed by atoms with Gasteiger partial charge in [0.15, 0.2) is 6.54 Å². The maximum Gasteiger partial charge on any atom is 0.279 e. The van der Waals surface area contributed by atoms with E-state index in [4.69, 9.17) is 0 Å². The van der Waals surface area contributed by atoms with Gasteiger partial charge in [0.2, 0.25) is 0 Å². The fourth-order valence-electron chi connectivity index (χ4n) is 3.62. The molecule has 0 aromatic heterocycles. The van der Waals surface area contributed by atoms with E-state index in [1.54, 1.807) is 0 Å². The van der Waals surface area contributed by atoms with Crippen molar-refractivity contribution in [1.82, 2.24) is 0 Å². The van der Waals surface area contributed by atoms with E-state index in [1.165, 1.54) is 48.1 Å². The lowest BCUT2D eigenvalue weighted by Gasteiger charge is -2.21. The van der Waals surface area contributed by atoms with Crippen LogP contribution in [-0.4, -0.2) is 25.5 Å². The van der Waals surface area contributed by atoms with Crippen molar-refractivity contribution in [2.24, 2.45) is 0 Å². The van der Waals surface area contributed by atoms with Crippen molar-refractivity contribution in [2.75, 3.05) is 25.0 Å². The van der Waals surface area contributed by atoms with Gasteiger partial charge in [0, 0.05) is 5.69 Å². The zero-order valence-electron chi connectivity index (χ0n) is 15.0. The average Bonchev–Trinajstić information content (AvgIpc) is 2.60. The van der Waals surface area contributed by atoms with E-state index < -0.39 is 0 Å². The zero-order chi connectivity index (χ0) is 17.3. The Labute approximate surface area is 151 Å². The highest BCUT2D eigenvalue weighted by Gasteiger charge is 2.16. The highest BCUT2D eigenvalue weighted by atomic mass is 16.2. The molecular weight excluding hydrogens is 308 g/mol. The molecule has 1 aliphatic rings. The lowest BCUT2D eigenvalue weighted by Crippen LogP contribution is -3.13. The second-order valence-corrected chi connectivity index (χ2v) is 7.06. The van der Waals surface area contributed by atoms with Crippen molar-refractivity contribution < 1.29 is 9.69 Å². The molecular formula is C22H29N2O+. The number of amides is 1. The molecule has 0 spiro atoms. The number of benzene rings is 2. The van der Waals surface area contributed by atoms with Gasteiger partial charge in [0.05, 0.1) is 13.1 Å². The Kier molecular flexibility index (Phi) is 6.63. The van der Waals surface area contributed by atoms with E-state index in [1.807, 2.05) is 24.3 Å². The number of nitrogens with one attached hydrogen (secondary N) is 2. The molecule has 0 saturated carbocycles. The van der Waals surface area contributed by atoms with Crippen LogP contribution in [0.3, 0.4) is 0 Å². The van der Waals surface area contributed by atoms with Crippen LogP contribution < -0.4 is 10.2 Å². The predicted octanol–water partition coefficient (Wildman–Crippen LogP) is 3.06. The second-order valence-electron chi connectivity index (χ2n) is 7.06. The molecule has 3 nitrogen and oxygen atoms in total. The van der Waals surface area contributed by atoms with Crippen molar-refractivity contribution in [3.8, 4) is 0 Å². The summed E-state index contributed by atoms with van der Waals surface area (Å²) in [6.07, 6.45) is 7.30. The minimum atomic E-state index is 0.135. The molecule has 1 saturated heterocycles. The number of rotatable bonds is 5. The van der Waals surface area contributed by atoms with Crippen molar-refractivity contribution in [3.63, 3.8) is 0 Å². The fourth-order valence-corrected chi connectivity index (χ4v) is 3.62. The molecule has 132 valence electrons. The van der Waals surface area contributed by atoms with E-state index in [0.717, 1.165) is 25.2 Å². The van der Waals surface area contributed by atoms with Crippen LogP contribution in [0.1, 0.15) is 43.2 Å². The maximum atomic E-state index is 12.6. The van der Waals surface area contributed by atoms with Gasteiger partial charge in [-0.15, -0.1) is 0 Å². The second kappa shape index (κ2) is 9.38. The first-order valence-corrected chi connectivity index (χ1v) is 9.56. The Morgan fingerprint density at radius 2 is 1.48 bits per heavy atom. The van der Waals surface area contributed by atoms with Crippen molar-refractivity contribution in [1.29, 1.82) is 0 Å². The first-order valence-electron chi connectivity index (χ1n) is 9.56. The molecule has 0 unspecified atom stereocenters. The molecule has 1 fully saturated rings. The molecule has 0 radical (unpaired) electrons. The molecule has 2 aromatic rings. The van der Waals surface area contributed by atoms with Crippen LogP contribution in [0.4, 0.5) is 5.69 Å². The minimum absolute atomic E-state index is 0.135. The van der Waals surface area contributed by atoms with Crippen LogP contribution in [0.25, 0.3) is 0 Å². The van der Waals surface area contributed by atoms with E-state index in [2.05, 4.69) is 35.6 Å². The normalized spacial score (nSPS) is 16.0. The summed E-state index contributed by atoms with van der Waals surface area (Å²) in [6.45, 7) is 2.83. The smallest absolute Gasteiger partial charge is 0.279 e. The number of carbonyl (C=O) groups excluding carboxylic acids is 1. The average molecular weight is 337 g/mol. The summed E-state index contributed by atoms with van der Waals surface area (Å²) in [6, 6.07) is 18.5. The van der Waals surface area contributed by atoms with E-state index in [-0.39, 0.29) is 5.91 Å². The van der Waals surface area contributed by atoms with Crippen LogP contribution >= 0.6 is 0 Å². The van der Waals surface area contributed by atoms with Crippen LogP contribution in [0.5, 0.6) is 0 Å². The number of carbonyl (C=O) groups is 1. The highest BCUT2D eigenvalue weighted by molar-refractivity contribution is 5.92. The highest BCUT2D eigenvalue weighted by Crippen LogP contribution is 2.18. The van der Waals surface area contributed by atoms with Crippen LogP contribution in [0.15, 0.2) is 54.6 Å². The van der Waals surface area contributed by atoms with Gasteiger partial charge in [-0.05, 0) is 49.3 Å². The van der Waals surface area contributed by atoms with Gasteiger partial charge in [-0.1, -0.05) is 55.0 Å². The molecule has 2 aromatic carbocycles. The summed E-state index contributed by atoms with van der Waals surface area (Å²) in [5.74, 6) is 0.135. The summed E-state index contributed by atoms with van der Waals surface area (Å²) in [5.41, 5.74) is 3.38. The molecule has 1 heterocycles. The summed E-state index contributed by atoms with van der Waals surface area (Å²) >= 11 is 0. The Balaban J connectivity index is 1.61. The Hall–Kier alpha value is -2.13. The lowest BCUT2D eigenvalue weighted by atomic mass is 10.0. The van der Waals surface area contributed by atoms with Crippen LogP contribution in [0.2, 0.25) is 0 Å². The molecule has 2 N–H and O–H groups in total. The first-order chi connectivity index (χ1) is 12.3. The zero-order valence-corrected chi connectivity index (χ0v) is 15.0. The van der Waals surface area contributed by atoms with Gasteiger partial charge in [-0.2, -0.15) is 0 Å². The quantitative estimate of drug-likeness (QED) is 0.864. The third-order valence-electron chi connectivity index (χ3n) is 5.00. The topological polar surface area (TPSA) is 33.5 Å². The molecule has 25 heavy (non-hydrogen) atoms. The van der Waals surface area contributed by atoms with Gasteiger partial charge in [0.25, 0.3) is 5.91 Å². The number of quaternary nitrogens is 1. The molecule has 0 atom stereocenters. The molecule has 1 aliphatic heterocycles. The molecule has 0 bridgehead atoms. The fraction of sp³-hybridized carbons (Fsp3) is 0.409. The van der Waals surface area contributed by atoms with Gasteiger partial charge >= 0.3 is 0 Å². The molecule has 0 aliphatic carbocycles. The summed E-state index contributed by atoms with van der Waals surface area (Å²) in [4.78, 5) is 14.0. The number of para-hydroxylation sites is 1.